The minimum Gasteiger partial charge on any atom is -0.395 e. The molecule has 0 atom stereocenters. The molecule has 1 aliphatic heterocycles. The number of aliphatic hydroxyl groups is 1. The molecule has 0 fully saturated rings. The Hall–Kier alpha value is -1.16. The van der Waals surface area contributed by atoms with Crippen molar-refractivity contribution in [3.8, 4) is 0 Å². The molecule has 0 spiro atoms. The molecule has 1 heterocycles. The van der Waals surface area contributed by atoms with Crippen molar-refractivity contribution in [1.82, 2.24) is 10.2 Å². The molecule has 18 heavy (non-hydrogen) atoms. The summed E-state index contributed by atoms with van der Waals surface area (Å²) in [6, 6.07) is 6.54. The van der Waals surface area contributed by atoms with Gasteiger partial charge in [-0.15, -0.1) is 6.58 Å². The average Bonchev–Trinajstić information content (AvgIpc) is 2.40. The van der Waals surface area contributed by atoms with E-state index in [-0.39, 0.29) is 6.61 Å². The molecular formula is C15H22N2O. The second-order valence-corrected chi connectivity index (χ2v) is 4.73. The highest BCUT2D eigenvalue weighted by Crippen LogP contribution is 2.20. The van der Waals surface area contributed by atoms with Crippen LogP contribution in [0.1, 0.15) is 16.7 Å². The van der Waals surface area contributed by atoms with Gasteiger partial charge in [-0.05, 0) is 29.7 Å². The maximum absolute atomic E-state index is 9.09. The molecule has 0 bridgehead atoms. The molecule has 98 valence electrons. The molecule has 2 N–H and O–H groups in total. The van der Waals surface area contributed by atoms with Gasteiger partial charge in [-0.25, -0.2) is 0 Å². The first kappa shape index (κ1) is 13.3. The molecule has 3 heteroatoms. The van der Waals surface area contributed by atoms with Gasteiger partial charge < -0.3 is 10.4 Å². The second kappa shape index (κ2) is 6.69. The lowest BCUT2D eigenvalue weighted by Crippen LogP contribution is -2.29. The van der Waals surface area contributed by atoms with Gasteiger partial charge in [0.15, 0.2) is 0 Å². The summed E-state index contributed by atoms with van der Waals surface area (Å²) >= 11 is 0. The lowest BCUT2D eigenvalue weighted by molar-refractivity contribution is 0.203. The lowest BCUT2D eigenvalue weighted by Gasteiger charge is -2.25. The highest BCUT2D eigenvalue weighted by Gasteiger charge is 2.14. The third-order valence-corrected chi connectivity index (χ3v) is 3.43. The van der Waals surface area contributed by atoms with Crippen LogP contribution in [0.4, 0.5) is 0 Å². The van der Waals surface area contributed by atoms with Gasteiger partial charge in [-0.2, -0.15) is 0 Å². The molecule has 0 saturated carbocycles. The molecule has 0 unspecified atom stereocenters. The van der Waals surface area contributed by atoms with E-state index < -0.39 is 0 Å². The smallest absolute Gasteiger partial charge is 0.0558 e. The standard InChI is InChI=1S/C15H22N2O/c1-2-8-17(9-10-18)12-14-5-3-4-13-11-16-7-6-15(13)14/h2-5,16,18H,1,6-12H2. The van der Waals surface area contributed by atoms with E-state index in [1.54, 1.807) is 0 Å². The van der Waals surface area contributed by atoms with Crippen molar-refractivity contribution < 1.29 is 5.11 Å². The van der Waals surface area contributed by atoms with Gasteiger partial charge in [0, 0.05) is 26.2 Å². The molecule has 0 amide bonds. The molecule has 0 saturated heterocycles. The predicted molar refractivity (Wildman–Crippen MR) is 74.4 cm³/mol. The number of fused-ring (bicyclic) bond motifs is 1. The molecule has 1 aromatic rings. The zero-order valence-corrected chi connectivity index (χ0v) is 10.9. The first-order valence-corrected chi connectivity index (χ1v) is 6.59. The Bertz CT molecular complexity index is 403. The predicted octanol–water partition coefficient (Wildman–Crippen LogP) is 1.31. The van der Waals surface area contributed by atoms with Crippen LogP contribution in [0.5, 0.6) is 0 Å². The van der Waals surface area contributed by atoms with E-state index in [1.165, 1.54) is 16.7 Å². The van der Waals surface area contributed by atoms with Crippen molar-refractivity contribution in [3.05, 3.63) is 47.5 Å². The van der Waals surface area contributed by atoms with E-state index in [0.29, 0.717) is 6.54 Å². The van der Waals surface area contributed by atoms with E-state index in [1.807, 2.05) is 6.08 Å². The molecule has 0 aromatic heterocycles. The number of hydrogen-bond acceptors (Lipinski definition) is 3. The summed E-state index contributed by atoms with van der Waals surface area (Å²) in [7, 11) is 0. The summed E-state index contributed by atoms with van der Waals surface area (Å²) in [6.07, 6.45) is 3.00. The Kier molecular flexibility index (Phi) is 4.93. The van der Waals surface area contributed by atoms with Crippen LogP contribution in [-0.4, -0.2) is 36.2 Å². The van der Waals surface area contributed by atoms with E-state index in [0.717, 1.165) is 32.6 Å². The Labute approximate surface area is 109 Å². The molecule has 1 aliphatic rings. The number of rotatable bonds is 6. The summed E-state index contributed by atoms with van der Waals surface area (Å²) in [5.41, 5.74) is 4.30. The summed E-state index contributed by atoms with van der Waals surface area (Å²) < 4.78 is 0. The summed E-state index contributed by atoms with van der Waals surface area (Å²) in [6.45, 7) is 8.44. The minimum absolute atomic E-state index is 0.199. The Balaban J connectivity index is 2.14. The largest absolute Gasteiger partial charge is 0.395 e. The third-order valence-electron chi connectivity index (χ3n) is 3.43. The van der Waals surface area contributed by atoms with E-state index in [2.05, 4.69) is 35.0 Å². The van der Waals surface area contributed by atoms with Crippen LogP contribution in [0, 0.1) is 0 Å². The van der Waals surface area contributed by atoms with Crippen LogP contribution in [0.2, 0.25) is 0 Å². The number of hydrogen-bond donors (Lipinski definition) is 2. The highest BCUT2D eigenvalue weighted by atomic mass is 16.3. The molecule has 2 rings (SSSR count). The fourth-order valence-electron chi connectivity index (χ4n) is 2.56. The van der Waals surface area contributed by atoms with Gasteiger partial charge >= 0.3 is 0 Å². The number of nitrogens with one attached hydrogen (secondary N) is 1. The quantitative estimate of drug-likeness (QED) is 0.743. The lowest BCUT2D eigenvalue weighted by atomic mass is 9.95. The minimum atomic E-state index is 0.199. The molecule has 1 aromatic carbocycles. The fraction of sp³-hybridized carbons (Fsp3) is 0.467. The van der Waals surface area contributed by atoms with Crippen LogP contribution >= 0.6 is 0 Å². The Morgan fingerprint density at radius 3 is 3.11 bits per heavy atom. The maximum atomic E-state index is 9.09. The van der Waals surface area contributed by atoms with E-state index >= 15 is 0 Å². The van der Waals surface area contributed by atoms with Crippen molar-refractivity contribution >= 4 is 0 Å². The molecule has 0 radical (unpaired) electrons. The van der Waals surface area contributed by atoms with Crippen molar-refractivity contribution in [2.45, 2.75) is 19.5 Å². The zero-order chi connectivity index (χ0) is 12.8. The zero-order valence-electron chi connectivity index (χ0n) is 10.9. The molecular weight excluding hydrogens is 224 g/mol. The second-order valence-electron chi connectivity index (χ2n) is 4.73. The average molecular weight is 246 g/mol. The normalized spacial score (nSPS) is 14.6. The monoisotopic (exact) mass is 246 g/mol. The van der Waals surface area contributed by atoms with Crippen molar-refractivity contribution in [2.24, 2.45) is 0 Å². The summed E-state index contributed by atoms with van der Waals surface area (Å²) in [5.74, 6) is 0. The topological polar surface area (TPSA) is 35.5 Å². The van der Waals surface area contributed by atoms with Crippen LogP contribution in [-0.2, 0) is 19.5 Å². The van der Waals surface area contributed by atoms with Crippen LogP contribution in [0.25, 0.3) is 0 Å². The Morgan fingerprint density at radius 1 is 1.44 bits per heavy atom. The highest BCUT2D eigenvalue weighted by molar-refractivity contribution is 5.37. The maximum Gasteiger partial charge on any atom is 0.0558 e. The van der Waals surface area contributed by atoms with Gasteiger partial charge in [0.1, 0.15) is 0 Å². The Morgan fingerprint density at radius 2 is 2.33 bits per heavy atom. The van der Waals surface area contributed by atoms with Gasteiger partial charge in [-0.1, -0.05) is 24.3 Å². The van der Waals surface area contributed by atoms with Gasteiger partial charge in [0.25, 0.3) is 0 Å². The SMILES string of the molecule is C=CCN(CCO)Cc1cccc2c1CCNC2. The molecule has 0 aliphatic carbocycles. The summed E-state index contributed by atoms with van der Waals surface area (Å²) in [4.78, 5) is 2.23. The van der Waals surface area contributed by atoms with Crippen molar-refractivity contribution in [3.63, 3.8) is 0 Å². The van der Waals surface area contributed by atoms with Crippen LogP contribution in [0.3, 0.4) is 0 Å². The third kappa shape index (κ3) is 3.19. The number of aliphatic hydroxyl groups excluding tert-OH is 1. The van der Waals surface area contributed by atoms with Gasteiger partial charge in [-0.3, -0.25) is 4.90 Å². The summed E-state index contributed by atoms with van der Waals surface area (Å²) in [5, 5.41) is 12.5. The van der Waals surface area contributed by atoms with E-state index in [4.69, 9.17) is 5.11 Å². The first-order valence-electron chi connectivity index (χ1n) is 6.59. The van der Waals surface area contributed by atoms with Crippen LogP contribution < -0.4 is 5.32 Å². The number of nitrogens with zero attached hydrogens (tertiary/aromatic N) is 1. The fourth-order valence-corrected chi connectivity index (χ4v) is 2.56. The van der Waals surface area contributed by atoms with E-state index in [9.17, 15) is 0 Å². The van der Waals surface area contributed by atoms with Gasteiger partial charge in [0.2, 0.25) is 0 Å². The number of benzene rings is 1. The van der Waals surface area contributed by atoms with Crippen molar-refractivity contribution in [2.75, 3.05) is 26.2 Å². The van der Waals surface area contributed by atoms with Crippen LogP contribution in [0.15, 0.2) is 30.9 Å². The molecule has 3 nitrogen and oxygen atoms in total. The van der Waals surface area contributed by atoms with Crippen molar-refractivity contribution in [1.29, 1.82) is 0 Å². The van der Waals surface area contributed by atoms with Gasteiger partial charge in [0.05, 0.1) is 6.61 Å². The first-order chi connectivity index (χ1) is 8.85.